The van der Waals surface area contributed by atoms with Crippen LogP contribution in [0.3, 0.4) is 0 Å². The van der Waals surface area contributed by atoms with Crippen LogP contribution in [0.2, 0.25) is 5.02 Å². The molecule has 1 fully saturated rings. The van der Waals surface area contributed by atoms with Crippen molar-refractivity contribution in [2.75, 3.05) is 18.6 Å². The summed E-state index contributed by atoms with van der Waals surface area (Å²) in [5.74, 6) is 1.88. The van der Waals surface area contributed by atoms with E-state index in [1.54, 1.807) is 11.8 Å². The summed E-state index contributed by atoms with van der Waals surface area (Å²) in [6, 6.07) is 13.7. The fourth-order valence-corrected chi connectivity index (χ4v) is 4.53. The maximum atomic E-state index is 6.21. The van der Waals surface area contributed by atoms with Crippen LogP contribution < -0.4 is 15.6 Å². The summed E-state index contributed by atoms with van der Waals surface area (Å²) in [6.07, 6.45) is 1.85. The molecule has 156 valence electrons. The Bertz CT molecular complexity index is 1020. The summed E-state index contributed by atoms with van der Waals surface area (Å²) >= 11 is 7.57. The molecule has 5 rings (SSSR count). The van der Waals surface area contributed by atoms with Crippen molar-refractivity contribution in [2.45, 2.75) is 41.9 Å². The Hall–Kier alpha value is -2.19. The summed E-state index contributed by atoms with van der Waals surface area (Å²) in [6.45, 7) is 2.62. The van der Waals surface area contributed by atoms with Gasteiger partial charge in [0, 0.05) is 35.6 Å². The number of nitrogens with one attached hydrogen (secondary N) is 2. The molecule has 30 heavy (non-hydrogen) atoms. The average Bonchev–Trinajstić information content (AvgIpc) is 3.41. The minimum Gasteiger partial charge on any atom is -0.487 e. The molecule has 8 heteroatoms. The zero-order valence-electron chi connectivity index (χ0n) is 16.3. The van der Waals surface area contributed by atoms with Crippen molar-refractivity contribution < 1.29 is 13.9 Å². The summed E-state index contributed by atoms with van der Waals surface area (Å²) < 4.78 is 17.8. The number of hydrogen-bond donors (Lipinski definition) is 2. The fraction of sp³-hybridized carbons (Fsp3) is 0.318. The van der Waals surface area contributed by atoms with Crippen LogP contribution in [0.15, 0.2) is 56.9 Å². The summed E-state index contributed by atoms with van der Waals surface area (Å²) in [4.78, 5) is 5.86. The molecule has 3 heterocycles. The van der Waals surface area contributed by atoms with Gasteiger partial charge in [0.25, 0.3) is 0 Å². The molecule has 2 aromatic carbocycles. The van der Waals surface area contributed by atoms with E-state index in [0.717, 1.165) is 65.6 Å². The second-order valence-corrected chi connectivity index (χ2v) is 8.80. The lowest BCUT2D eigenvalue weighted by atomic mass is 10.0. The number of hydrogen-bond acceptors (Lipinski definition) is 7. The number of benzene rings is 2. The Morgan fingerprint density at radius 1 is 1.13 bits per heavy atom. The molecule has 0 bridgehead atoms. The zero-order valence-corrected chi connectivity index (χ0v) is 17.9. The van der Waals surface area contributed by atoms with Gasteiger partial charge < -0.3 is 19.3 Å². The first-order valence-electron chi connectivity index (χ1n) is 10.00. The first-order chi connectivity index (χ1) is 14.7. The van der Waals surface area contributed by atoms with Gasteiger partial charge in [0.15, 0.2) is 11.0 Å². The third kappa shape index (κ3) is 4.44. The number of hydrazine groups is 1. The Morgan fingerprint density at radius 2 is 1.97 bits per heavy atom. The first-order valence-corrected chi connectivity index (χ1v) is 11.2. The lowest BCUT2D eigenvalue weighted by molar-refractivity contribution is 0.0786. The van der Waals surface area contributed by atoms with E-state index in [-0.39, 0.29) is 5.92 Å². The summed E-state index contributed by atoms with van der Waals surface area (Å²) in [5, 5.41) is 1.48. The van der Waals surface area contributed by atoms with Crippen molar-refractivity contribution in [3.8, 4) is 5.75 Å². The maximum Gasteiger partial charge on any atom is 0.199 e. The topological polar surface area (TPSA) is 68.6 Å². The van der Waals surface area contributed by atoms with E-state index in [2.05, 4.69) is 10.9 Å². The summed E-state index contributed by atoms with van der Waals surface area (Å²) in [5.41, 5.74) is 9.33. The van der Waals surface area contributed by atoms with Gasteiger partial charge in [0.1, 0.15) is 18.1 Å². The second kappa shape index (κ2) is 8.89. The molecule has 0 amide bonds. The number of halogens is 1. The molecule has 1 aromatic heterocycles. The van der Waals surface area contributed by atoms with Crippen LogP contribution in [0, 0.1) is 0 Å². The molecule has 3 aromatic rings. The van der Waals surface area contributed by atoms with Gasteiger partial charge in [0.05, 0.1) is 5.69 Å². The SMILES string of the molecule is Clc1ccc(Sc2oc(C3CCOCC3)nc2COc2ccc3c(c2)CNN3)cc1. The van der Waals surface area contributed by atoms with E-state index in [4.69, 9.17) is 30.5 Å². The maximum absolute atomic E-state index is 6.21. The fourth-order valence-electron chi connectivity index (χ4n) is 3.57. The van der Waals surface area contributed by atoms with E-state index < -0.39 is 0 Å². The van der Waals surface area contributed by atoms with Crippen molar-refractivity contribution in [3.05, 3.63) is 64.6 Å². The van der Waals surface area contributed by atoms with E-state index >= 15 is 0 Å². The van der Waals surface area contributed by atoms with Gasteiger partial charge in [-0.3, -0.25) is 0 Å². The quantitative estimate of drug-likeness (QED) is 0.529. The van der Waals surface area contributed by atoms with Crippen LogP contribution in [0.4, 0.5) is 5.69 Å². The molecule has 1 saturated heterocycles. The molecular formula is C22H22ClN3O3S. The molecule has 0 saturated carbocycles. The molecule has 0 aliphatic carbocycles. The van der Waals surface area contributed by atoms with Crippen molar-refractivity contribution in [2.24, 2.45) is 0 Å². The largest absolute Gasteiger partial charge is 0.487 e. The number of aromatic nitrogens is 1. The molecule has 0 spiro atoms. The van der Waals surface area contributed by atoms with Gasteiger partial charge in [0.2, 0.25) is 0 Å². The Balaban J connectivity index is 1.37. The van der Waals surface area contributed by atoms with Crippen molar-refractivity contribution in [1.29, 1.82) is 0 Å². The molecular weight excluding hydrogens is 422 g/mol. The van der Waals surface area contributed by atoms with E-state index in [0.29, 0.717) is 11.6 Å². The number of oxazole rings is 1. The smallest absolute Gasteiger partial charge is 0.199 e. The molecule has 0 atom stereocenters. The molecule has 2 aliphatic rings. The number of nitrogens with zero attached hydrogens (tertiary/aromatic N) is 1. The highest BCUT2D eigenvalue weighted by atomic mass is 35.5. The van der Waals surface area contributed by atoms with Gasteiger partial charge in [-0.15, -0.1) is 0 Å². The highest BCUT2D eigenvalue weighted by Gasteiger charge is 2.24. The van der Waals surface area contributed by atoms with E-state index in [1.807, 2.05) is 42.5 Å². The van der Waals surface area contributed by atoms with E-state index in [1.165, 1.54) is 5.56 Å². The Morgan fingerprint density at radius 3 is 2.80 bits per heavy atom. The molecule has 0 unspecified atom stereocenters. The summed E-state index contributed by atoms with van der Waals surface area (Å²) in [7, 11) is 0. The predicted octanol–water partition coefficient (Wildman–Crippen LogP) is 5.38. The van der Waals surface area contributed by atoms with Gasteiger partial charge in [-0.1, -0.05) is 11.6 Å². The number of anilines is 1. The first kappa shape index (κ1) is 19.8. The third-order valence-corrected chi connectivity index (χ3v) is 6.49. The van der Waals surface area contributed by atoms with Crippen molar-refractivity contribution in [3.63, 3.8) is 0 Å². The van der Waals surface area contributed by atoms with Crippen LogP contribution in [-0.2, 0) is 17.9 Å². The van der Waals surface area contributed by atoms with Crippen LogP contribution in [0.1, 0.15) is 35.9 Å². The number of fused-ring (bicyclic) bond motifs is 1. The normalized spacial score (nSPS) is 16.3. The van der Waals surface area contributed by atoms with Gasteiger partial charge >= 0.3 is 0 Å². The van der Waals surface area contributed by atoms with Gasteiger partial charge in [-0.2, -0.15) is 0 Å². The zero-order chi connectivity index (χ0) is 20.3. The minimum absolute atomic E-state index is 0.286. The monoisotopic (exact) mass is 443 g/mol. The average molecular weight is 444 g/mol. The lowest BCUT2D eigenvalue weighted by Crippen LogP contribution is -2.14. The molecule has 0 radical (unpaired) electrons. The van der Waals surface area contributed by atoms with Crippen LogP contribution >= 0.6 is 23.4 Å². The van der Waals surface area contributed by atoms with Crippen molar-refractivity contribution in [1.82, 2.24) is 10.4 Å². The van der Waals surface area contributed by atoms with Crippen LogP contribution in [0.25, 0.3) is 0 Å². The van der Waals surface area contributed by atoms with Crippen molar-refractivity contribution >= 4 is 29.1 Å². The molecule has 6 nitrogen and oxygen atoms in total. The Labute approximate surface area is 184 Å². The standard InChI is InChI=1S/C22H22ClN3O3S/c23-16-1-4-18(5-2-16)30-22-20(25-21(29-22)14-7-9-27-10-8-14)13-28-17-3-6-19-15(11-17)12-24-26-19/h1-6,11,14,24,26H,7-10,12-13H2. The number of ether oxygens (including phenoxy) is 2. The highest BCUT2D eigenvalue weighted by molar-refractivity contribution is 7.99. The number of rotatable bonds is 6. The van der Waals surface area contributed by atoms with Gasteiger partial charge in [-0.05, 0) is 72.6 Å². The minimum atomic E-state index is 0.286. The van der Waals surface area contributed by atoms with Crippen LogP contribution in [0.5, 0.6) is 5.75 Å². The predicted molar refractivity (Wildman–Crippen MR) is 116 cm³/mol. The van der Waals surface area contributed by atoms with Gasteiger partial charge in [-0.25, -0.2) is 10.4 Å². The van der Waals surface area contributed by atoms with Crippen LogP contribution in [-0.4, -0.2) is 18.2 Å². The highest BCUT2D eigenvalue weighted by Crippen LogP contribution is 2.36. The molecule has 2 aliphatic heterocycles. The Kier molecular flexibility index (Phi) is 5.86. The molecule has 2 N–H and O–H groups in total. The lowest BCUT2D eigenvalue weighted by Gasteiger charge is -2.18. The second-order valence-electron chi connectivity index (χ2n) is 7.32. The third-order valence-electron chi connectivity index (χ3n) is 5.23. The van der Waals surface area contributed by atoms with E-state index in [9.17, 15) is 0 Å².